The number of nitrogens with one attached hydrogen (secondary N) is 1. The molecule has 0 heterocycles. The minimum Gasteiger partial charge on any atom is -0.398 e. The Kier molecular flexibility index (Phi) is 4.25. The molecule has 0 saturated heterocycles. The van der Waals surface area contributed by atoms with E-state index in [-0.39, 0.29) is 5.02 Å². The second-order valence-corrected chi connectivity index (χ2v) is 5.32. The highest BCUT2D eigenvalue weighted by molar-refractivity contribution is 6.34. The van der Waals surface area contributed by atoms with Crippen molar-refractivity contribution in [1.82, 2.24) is 0 Å². The standard InChI is InChI=1S/C14H11Cl2F3N2/c1-7-4-11(20)9(15)6-13(7)21-12-3-2-8(5-10(12)16)14(17,18)19/h2-6,21H,20H2,1H3. The van der Waals surface area contributed by atoms with Gasteiger partial charge in [-0.3, -0.25) is 0 Å². The fraction of sp³-hybridized carbons (Fsp3) is 0.143. The second kappa shape index (κ2) is 5.66. The summed E-state index contributed by atoms with van der Waals surface area (Å²) in [6.45, 7) is 1.80. The number of hydrogen-bond donors (Lipinski definition) is 2. The molecule has 7 heteroatoms. The Hall–Kier alpha value is -1.59. The van der Waals surface area contributed by atoms with Gasteiger partial charge in [0.05, 0.1) is 27.0 Å². The molecule has 0 unspecified atom stereocenters. The molecule has 112 valence electrons. The summed E-state index contributed by atoms with van der Waals surface area (Å²) in [6, 6.07) is 6.37. The highest BCUT2D eigenvalue weighted by Gasteiger charge is 2.30. The smallest absolute Gasteiger partial charge is 0.398 e. The molecule has 2 nitrogen and oxygen atoms in total. The lowest BCUT2D eigenvalue weighted by molar-refractivity contribution is -0.137. The first kappa shape index (κ1) is 15.8. The van der Waals surface area contributed by atoms with E-state index in [9.17, 15) is 13.2 Å². The van der Waals surface area contributed by atoms with Gasteiger partial charge in [-0.25, -0.2) is 0 Å². The fourth-order valence-electron chi connectivity index (χ4n) is 1.78. The number of alkyl halides is 3. The Labute approximate surface area is 129 Å². The van der Waals surface area contributed by atoms with Crippen LogP contribution in [0.4, 0.5) is 30.2 Å². The molecule has 0 aliphatic carbocycles. The first-order valence-corrected chi connectivity index (χ1v) is 6.63. The average molecular weight is 335 g/mol. The quantitative estimate of drug-likeness (QED) is 0.696. The predicted molar refractivity (Wildman–Crippen MR) is 80.3 cm³/mol. The molecule has 2 aromatic rings. The molecule has 0 aliphatic rings. The summed E-state index contributed by atoms with van der Waals surface area (Å²) in [5.74, 6) is 0. The van der Waals surface area contributed by atoms with Crippen LogP contribution in [-0.4, -0.2) is 0 Å². The summed E-state index contributed by atoms with van der Waals surface area (Å²) in [5.41, 5.74) is 7.07. The van der Waals surface area contributed by atoms with E-state index in [0.717, 1.165) is 17.7 Å². The summed E-state index contributed by atoms with van der Waals surface area (Å²) in [6.07, 6.45) is -4.43. The van der Waals surface area contributed by atoms with Crippen LogP contribution in [0, 0.1) is 6.92 Å². The molecule has 21 heavy (non-hydrogen) atoms. The van der Waals surface area contributed by atoms with Crippen LogP contribution in [0.2, 0.25) is 10.0 Å². The van der Waals surface area contributed by atoms with Gasteiger partial charge in [0.1, 0.15) is 0 Å². The van der Waals surface area contributed by atoms with Gasteiger partial charge in [-0.15, -0.1) is 0 Å². The van der Waals surface area contributed by atoms with Crippen molar-refractivity contribution in [3.05, 3.63) is 51.5 Å². The van der Waals surface area contributed by atoms with E-state index in [4.69, 9.17) is 28.9 Å². The maximum atomic E-state index is 12.6. The van der Waals surface area contributed by atoms with Gasteiger partial charge >= 0.3 is 6.18 Å². The molecule has 2 rings (SSSR count). The van der Waals surface area contributed by atoms with Gasteiger partial charge in [0.25, 0.3) is 0 Å². The number of hydrogen-bond acceptors (Lipinski definition) is 2. The molecular weight excluding hydrogens is 324 g/mol. The first-order valence-electron chi connectivity index (χ1n) is 5.88. The lowest BCUT2D eigenvalue weighted by Gasteiger charge is -2.14. The maximum Gasteiger partial charge on any atom is 0.416 e. The number of nitrogen functional groups attached to an aromatic ring is 1. The third kappa shape index (κ3) is 3.54. The Morgan fingerprint density at radius 2 is 1.67 bits per heavy atom. The van der Waals surface area contributed by atoms with Gasteiger partial charge in [0.2, 0.25) is 0 Å². The lowest BCUT2D eigenvalue weighted by atomic mass is 10.1. The van der Waals surface area contributed by atoms with Crippen LogP contribution < -0.4 is 11.1 Å². The Morgan fingerprint density at radius 3 is 2.24 bits per heavy atom. The predicted octanol–water partition coefficient (Wildman–Crippen LogP) is 5.65. The highest BCUT2D eigenvalue weighted by atomic mass is 35.5. The fourth-order valence-corrected chi connectivity index (χ4v) is 2.17. The largest absolute Gasteiger partial charge is 0.416 e. The third-order valence-corrected chi connectivity index (χ3v) is 3.55. The van der Waals surface area contributed by atoms with E-state index in [1.54, 1.807) is 19.1 Å². The second-order valence-electron chi connectivity index (χ2n) is 4.51. The van der Waals surface area contributed by atoms with Gasteiger partial charge < -0.3 is 11.1 Å². The SMILES string of the molecule is Cc1cc(N)c(Cl)cc1Nc1ccc(C(F)(F)F)cc1Cl. The number of anilines is 3. The zero-order valence-electron chi connectivity index (χ0n) is 10.9. The van der Waals surface area contributed by atoms with E-state index in [2.05, 4.69) is 5.32 Å². The molecule has 0 radical (unpaired) electrons. The zero-order valence-corrected chi connectivity index (χ0v) is 12.4. The summed E-state index contributed by atoms with van der Waals surface area (Å²) in [4.78, 5) is 0. The van der Waals surface area contributed by atoms with E-state index in [1.807, 2.05) is 0 Å². The van der Waals surface area contributed by atoms with Crippen LogP contribution in [0.25, 0.3) is 0 Å². The van der Waals surface area contributed by atoms with Crippen molar-refractivity contribution in [3.63, 3.8) is 0 Å². The van der Waals surface area contributed by atoms with E-state index in [0.29, 0.717) is 22.1 Å². The molecule has 0 saturated carbocycles. The van der Waals surface area contributed by atoms with Crippen molar-refractivity contribution >= 4 is 40.3 Å². The Balaban J connectivity index is 2.35. The molecule has 0 amide bonds. The molecule has 3 N–H and O–H groups in total. The van der Waals surface area contributed by atoms with E-state index in [1.165, 1.54) is 6.07 Å². The number of benzene rings is 2. The lowest BCUT2D eigenvalue weighted by Crippen LogP contribution is -2.05. The van der Waals surface area contributed by atoms with Crippen LogP contribution in [-0.2, 0) is 6.18 Å². The van der Waals surface area contributed by atoms with Crippen LogP contribution in [0.1, 0.15) is 11.1 Å². The molecule has 2 aromatic carbocycles. The van der Waals surface area contributed by atoms with E-state index < -0.39 is 11.7 Å². The molecule has 0 fully saturated rings. The summed E-state index contributed by atoms with van der Waals surface area (Å²) >= 11 is 11.8. The molecule has 0 spiro atoms. The maximum absolute atomic E-state index is 12.6. The van der Waals surface area contributed by atoms with Crippen LogP contribution in [0.5, 0.6) is 0 Å². The average Bonchev–Trinajstić information content (AvgIpc) is 2.36. The minimum atomic E-state index is -4.43. The molecule has 0 aromatic heterocycles. The Bertz CT molecular complexity index is 685. The van der Waals surface area contributed by atoms with Gasteiger partial charge in [0.15, 0.2) is 0 Å². The van der Waals surface area contributed by atoms with Crippen LogP contribution in [0.15, 0.2) is 30.3 Å². The number of aryl methyl sites for hydroxylation is 1. The molecule has 0 aliphatic heterocycles. The van der Waals surface area contributed by atoms with E-state index >= 15 is 0 Å². The topological polar surface area (TPSA) is 38.0 Å². The summed E-state index contributed by atoms with van der Waals surface area (Å²) in [5, 5.41) is 3.27. The van der Waals surface area contributed by atoms with Gasteiger partial charge in [-0.2, -0.15) is 13.2 Å². The number of halogens is 5. The van der Waals surface area contributed by atoms with Crippen molar-refractivity contribution in [3.8, 4) is 0 Å². The normalized spacial score (nSPS) is 11.5. The summed E-state index contributed by atoms with van der Waals surface area (Å²) < 4.78 is 37.7. The van der Waals surface area contributed by atoms with Crippen LogP contribution >= 0.6 is 23.2 Å². The van der Waals surface area contributed by atoms with Gasteiger partial charge in [-0.05, 0) is 42.8 Å². The summed E-state index contributed by atoms with van der Waals surface area (Å²) in [7, 11) is 0. The number of nitrogens with two attached hydrogens (primary N) is 1. The van der Waals surface area contributed by atoms with Crippen molar-refractivity contribution < 1.29 is 13.2 Å². The van der Waals surface area contributed by atoms with Gasteiger partial charge in [0, 0.05) is 5.69 Å². The van der Waals surface area contributed by atoms with Crippen LogP contribution in [0.3, 0.4) is 0 Å². The molecule has 0 bridgehead atoms. The molecule has 0 atom stereocenters. The Morgan fingerprint density at radius 1 is 1.00 bits per heavy atom. The highest BCUT2D eigenvalue weighted by Crippen LogP contribution is 2.36. The third-order valence-electron chi connectivity index (χ3n) is 2.91. The minimum absolute atomic E-state index is 0.0304. The molecular formula is C14H11Cl2F3N2. The zero-order chi connectivity index (χ0) is 15.8. The van der Waals surface area contributed by atoms with Crippen molar-refractivity contribution in [2.75, 3.05) is 11.1 Å². The van der Waals surface area contributed by atoms with Crippen molar-refractivity contribution in [2.24, 2.45) is 0 Å². The number of rotatable bonds is 2. The van der Waals surface area contributed by atoms with Crippen molar-refractivity contribution in [2.45, 2.75) is 13.1 Å². The van der Waals surface area contributed by atoms with Gasteiger partial charge in [-0.1, -0.05) is 23.2 Å². The monoisotopic (exact) mass is 334 g/mol. The first-order chi connectivity index (χ1) is 9.68. The van der Waals surface area contributed by atoms with Crippen molar-refractivity contribution in [1.29, 1.82) is 0 Å².